The zero-order valence-electron chi connectivity index (χ0n) is 24.4. The summed E-state index contributed by atoms with van der Waals surface area (Å²) in [6.07, 6.45) is 3.65. The maximum Gasteiger partial charge on any atom is 0.281 e. The molecule has 1 aromatic heterocycles. The van der Waals surface area contributed by atoms with Crippen molar-refractivity contribution in [3.05, 3.63) is 138 Å². The first kappa shape index (κ1) is 29.0. The minimum absolute atomic E-state index is 0.185. The van der Waals surface area contributed by atoms with Crippen molar-refractivity contribution < 1.29 is 13.2 Å². The third kappa shape index (κ3) is 5.50. The van der Waals surface area contributed by atoms with Gasteiger partial charge in [-0.25, -0.2) is 13.1 Å². The van der Waals surface area contributed by atoms with Gasteiger partial charge < -0.3 is 0 Å². The fourth-order valence-corrected chi connectivity index (χ4v) is 6.70. The van der Waals surface area contributed by atoms with E-state index in [-0.39, 0.29) is 10.8 Å². The van der Waals surface area contributed by atoms with E-state index in [0.29, 0.717) is 46.9 Å². The van der Waals surface area contributed by atoms with Crippen molar-refractivity contribution >= 4 is 33.4 Å². The topological polar surface area (TPSA) is 87.9 Å². The molecule has 0 saturated carbocycles. The Hall–Kier alpha value is -5.12. The number of anilines is 1. The van der Waals surface area contributed by atoms with Crippen LogP contribution in [-0.4, -0.2) is 47.2 Å². The number of hydrogen-bond acceptors (Lipinski definition) is 5. The number of benzene rings is 4. The van der Waals surface area contributed by atoms with Crippen LogP contribution in [0.5, 0.6) is 0 Å². The van der Waals surface area contributed by atoms with Crippen LogP contribution in [0.15, 0.2) is 137 Å². The molecule has 0 fully saturated rings. The smallest absolute Gasteiger partial charge is 0.267 e. The molecule has 0 aliphatic carbocycles. The summed E-state index contributed by atoms with van der Waals surface area (Å²) < 4.78 is 30.0. The first-order valence-corrected chi connectivity index (χ1v) is 15.9. The zero-order chi connectivity index (χ0) is 30.7. The molecule has 5 aromatic rings. The molecule has 1 aliphatic heterocycles. The maximum absolute atomic E-state index is 14.0. The van der Waals surface area contributed by atoms with Crippen LogP contribution in [0, 0.1) is 0 Å². The lowest BCUT2D eigenvalue weighted by atomic mass is 9.99. The summed E-state index contributed by atoms with van der Waals surface area (Å²) in [5.74, 6) is -0.272. The number of rotatable bonds is 9. The minimum atomic E-state index is -3.70. The average molecular weight is 602 g/mol. The van der Waals surface area contributed by atoms with E-state index < -0.39 is 10.0 Å². The van der Waals surface area contributed by atoms with Crippen LogP contribution >= 0.6 is 0 Å². The SMILES string of the molecule is CCN(CC)S(=O)(=O)c1cccc(-c2nn(-c3ccccc3)cc2C=C2C(=O)N(c3ccccc3)N=C2c2ccccc2)c1. The molecule has 9 heteroatoms. The molecule has 6 rings (SSSR count). The van der Waals surface area contributed by atoms with Crippen LogP contribution in [0.1, 0.15) is 25.0 Å². The molecule has 0 saturated heterocycles. The van der Waals surface area contributed by atoms with Crippen molar-refractivity contribution in [1.29, 1.82) is 0 Å². The predicted octanol–water partition coefficient (Wildman–Crippen LogP) is 6.40. The number of carbonyl (C=O) groups is 1. The summed E-state index contributed by atoms with van der Waals surface area (Å²) in [6, 6.07) is 35.3. The van der Waals surface area contributed by atoms with Crippen molar-refractivity contribution in [2.24, 2.45) is 5.10 Å². The largest absolute Gasteiger partial charge is 0.281 e. The van der Waals surface area contributed by atoms with E-state index in [1.54, 1.807) is 29.0 Å². The normalized spacial score (nSPS) is 14.4. The Morgan fingerprint density at radius 1 is 0.750 bits per heavy atom. The number of carbonyl (C=O) groups excluding carboxylic acids is 1. The Labute approximate surface area is 257 Å². The van der Waals surface area contributed by atoms with Gasteiger partial charge in [-0.1, -0.05) is 92.7 Å². The molecule has 0 spiro atoms. The van der Waals surface area contributed by atoms with Gasteiger partial charge in [-0.15, -0.1) is 0 Å². The fraction of sp³-hybridized carbons (Fsp3) is 0.114. The first-order chi connectivity index (χ1) is 21.4. The molecule has 44 heavy (non-hydrogen) atoms. The Morgan fingerprint density at radius 3 is 1.98 bits per heavy atom. The third-order valence-corrected chi connectivity index (χ3v) is 9.49. The van der Waals surface area contributed by atoms with E-state index in [1.807, 2.05) is 117 Å². The second-order valence-corrected chi connectivity index (χ2v) is 12.1. The molecular weight excluding hydrogens is 570 g/mol. The molecule has 0 bridgehead atoms. The molecule has 0 atom stereocenters. The number of amides is 1. The number of nitrogens with zero attached hydrogens (tertiary/aromatic N) is 5. The van der Waals surface area contributed by atoms with Gasteiger partial charge >= 0.3 is 0 Å². The molecule has 1 aliphatic rings. The number of hydrogen-bond donors (Lipinski definition) is 0. The van der Waals surface area contributed by atoms with Gasteiger partial charge in [-0.05, 0) is 42.5 Å². The van der Waals surface area contributed by atoms with Crippen molar-refractivity contribution in [3.63, 3.8) is 0 Å². The molecule has 0 unspecified atom stereocenters. The summed E-state index contributed by atoms with van der Waals surface area (Å²) >= 11 is 0. The molecule has 8 nitrogen and oxygen atoms in total. The second kappa shape index (κ2) is 12.2. The fourth-order valence-electron chi connectivity index (χ4n) is 5.20. The van der Waals surface area contributed by atoms with Gasteiger partial charge in [0.1, 0.15) is 11.4 Å². The molecule has 2 heterocycles. The molecule has 0 N–H and O–H groups in total. The van der Waals surface area contributed by atoms with E-state index in [0.717, 1.165) is 11.3 Å². The Balaban J connectivity index is 1.53. The van der Waals surface area contributed by atoms with Crippen LogP contribution in [0.2, 0.25) is 0 Å². The van der Waals surface area contributed by atoms with Crippen LogP contribution in [0.25, 0.3) is 23.0 Å². The quantitative estimate of drug-likeness (QED) is 0.183. The minimum Gasteiger partial charge on any atom is -0.267 e. The highest BCUT2D eigenvalue weighted by Crippen LogP contribution is 2.32. The van der Waals surface area contributed by atoms with Crippen molar-refractivity contribution in [2.75, 3.05) is 18.1 Å². The van der Waals surface area contributed by atoms with Gasteiger partial charge in [0, 0.05) is 36.0 Å². The molecular formula is C35H31N5O3S. The number of sulfonamides is 1. The lowest BCUT2D eigenvalue weighted by Gasteiger charge is -2.18. The summed E-state index contributed by atoms with van der Waals surface area (Å²) in [5, 5.41) is 11.1. The van der Waals surface area contributed by atoms with E-state index >= 15 is 0 Å². The van der Waals surface area contributed by atoms with Crippen molar-refractivity contribution in [1.82, 2.24) is 14.1 Å². The average Bonchev–Trinajstić information content (AvgIpc) is 3.64. The Kier molecular flexibility index (Phi) is 8.06. The van der Waals surface area contributed by atoms with E-state index in [9.17, 15) is 13.2 Å². The summed E-state index contributed by atoms with van der Waals surface area (Å²) in [4.78, 5) is 14.2. The highest BCUT2D eigenvalue weighted by Gasteiger charge is 2.32. The van der Waals surface area contributed by atoms with E-state index in [1.165, 1.54) is 9.31 Å². The van der Waals surface area contributed by atoms with Gasteiger partial charge in [0.2, 0.25) is 10.0 Å². The summed E-state index contributed by atoms with van der Waals surface area (Å²) in [6.45, 7) is 4.37. The third-order valence-electron chi connectivity index (χ3n) is 7.44. The summed E-state index contributed by atoms with van der Waals surface area (Å²) in [5.41, 5.74) is 5.02. The van der Waals surface area contributed by atoms with Gasteiger partial charge in [0.05, 0.1) is 21.8 Å². The second-order valence-electron chi connectivity index (χ2n) is 10.2. The van der Waals surface area contributed by atoms with Crippen molar-refractivity contribution in [3.8, 4) is 16.9 Å². The van der Waals surface area contributed by atoms with Gasteiger partial charge in [0.15, 0.2) is 0 Å². The standard InChI is InChI=1S/C35H31N5O3S/c1-3-38(4-2)44(42,43)31-22-14-17-27(23-31)33-28(25-39(36-33)29-18-10-6-11-19-29)24-32-34(26-15-8-5-9-16-26)37-40(35(32)41)30-20-12-7-13-21-30/h5-25H,3-4H2,1-2H3. The number of para-hydroxylation sites is 2. The van der Waals surface area contributed by atoms with E-state index in [4.69, 9.17) is 10.2 Å². The molecule has 1 amide bonds. The number of aromatic nitrogens is 2. The Morgan fingerprint density at radius 2 is 1.34 bits per heavy atom. The van der Waals surface area contributed by atoms with Crippen LogP contribution in [-0.2, 0) is 14.8 Å². The van der Waals surface area contributed by atoms with Crippen LogP contribution < -0.4 is 5.01 Å². The van der Waals surface area contributed by atoms with Gasteiger partial charge in [-0.2, -0.15) is 19.5 Å². The summed E-state index contributed by atoms with van der Waals surface area (Å²) in [7, 11) is -3.70. The lowest BCUT2D eigenvalue weighted by molar-refractivity contribution is -0.114. The highest BCUT2D eigenvalue weighted by molar-refractivity contribution is 7.89. The zero-order valence-corrected chi connectivity index (χ0v) is 25.2. The number of hydrazone groups is 1. The van der Waals surface area contributed by atoms with Gasteiger partial charge in [-0.3, -0.25) is 4.79 Å². The van der Waals surface area contributed by atoms with Crippen LogP contribution in [0.4, 0.5) is 5.69 Å². The molecule has 4 aromatic carbocycles. The van der Waals surface area contributed by atoms with Gasteiger partial charge in [0.25, 0.3) is 5.91 Å². The van der Waals surface area contributed by atoms with Crippen LogP contribution in [0.3, 0.4) is 0 Å². The maximum atomic E-state index is 14.0. The lowest BCUT2D eigenvalue weighted by Crippen LogP contribution is -2.30. The van der Waals surface area contributed by atoms with E-state index in [2.05, 4.69) is 0 Å². The highest BCUT2D eigenvalue weighted by atomic mass is 32.2. The predicted molar refractivity (Wildman–Crippen MR) is 174 cm³/mol. The molecule has 0 radical (unpaired) electrons. The monoisotopic (exact) mass is 601 g/mol. The van der Waals surface area contributed by atoms with Crippen molar-refractivity contribution in [2.45, 2.75) is 18.7 Å². The molecule has 220 valence electrons. The Bertz CT molecular complexity index is 1960. The first-order valence-electron chi connectivity index (χ1n) is 14.4.